The zero-order valence-electron chi connectivity index (χ0n) is 34.3. The van der Waals surface area contributed by atoms with Crippen LogP contribution in [0.15, 0.2) is 205 Å². The number of allylic oxidation sites excluding steroid dienone is 5. The van der Waals surface area contributed by atoms with E-state index in [4.69, 9.17) is 4.99 Å². The second-order valence-corrected chi connectivity index (χ2v) is 16.7. The first-order valence-electron chi connectivity index (χ1n) is 21.9. The monoisotopic (exact) mass is 799 g/mol. The Bertz CT molecular complexity index is 3270. The first-order valence-corrected chi connectivity index (χ1v) is 21.9. The van der Waals surface area contributed by atoms with Crippen molar-refractivity contribution in [3.05, 3.63) is 239 Å². The summed E-state index contributed by atoms with van der Waals surface area (Å²) in [6, 6.07) is 63.8. The number of aliphatic imine (C=N–C) groups is 1. The second-order valence-electron chi connectivity index (χ2n) is 16.7. The van der Waals surface area contributed by atoms with Gasteiger partial charge >= 0.3 is 0 Å². The molecule has 298 valence electrons. The number of fused-ring (bicyclic) bond motifs is 6. The molecule has 0 saturated carbocycles. The van der Waals surface area contributed by atoms with Gasteiger partial charge in [-0.15, -0.1) is 0 Å². The van der Waals surface area contributed by atoms with Crippen LogP contribution in [0.2, 0.25) is 0 Å². The van der Waals surface area contributed by atoms with Crippen LogP contribution < -0.4 is 10.6 Å². The minimum atomic E-state index is -0.322. The predicted molar refractivity (Wildman–Crippen MR) is 257 cm³/mol. The highest BCUT2D eigenvalue weighted by molar-refractivity contribution is 6.10. The van der Waals surface area contributed by atoms with Gasteiger partial charge in [-0.25, -0.2) is 4.99 Å². The zero-order chi connectivity index (χ0) is 41.0. The van der Waals surface area contributed by atoms with Crippen molar-refractivity contribution in [3.8, 4) is 11.4 Å². The standard InChI is InChI=1S/C57H45N5/c1-5-17-38(18-6-1)42-30-34-52-49(35-42)47-32-29-43(39-19-7-2-8-20-39)36-53(47)61(52)44-31-33-46-45-25-13-15-27-50(45)62(54(46)37-44)51-28-16-14-26-48(51)57-59-55(40-21-9-3-10-22-40)58-56(60-57)41-23-11-4-12-24-41/h1-7,9-19,21-34,36-37,42,55,57,59H,8,20,35H2,(H,58,60). The topological polar surface area (TPSA) is 46.3 Å². The van der Waals surface area contributed by atoms with Crippen molar-refractivity contribution in [2.24, 2.45) is 4.99 Å². The number of amidine groups is 1. The molecule has 3 unspecified atom stereocenters. The van der Waals surface area contributed by atoms with E-state index in [0.29, 0.717) is 5.92 Å². The molecule has 62 heavy (non-hydrogen) atoms. The highest BCUT2D eigenvalue weighted by Gasteiger charge is 2.29. The fourth-order valence-electron chi connectivity index (χ4n) is 10.1. The Morgan fingerprint density at radius 3 is 2.11 bits per heavy atom. The predicted octanol–water partition coefficient (Wildman–Crippen LogP) is 13.2. The Hall–Kier alpha value is -7.47. The maximum atomic E-state index is 5.40. The van der Waals surface area contributed by atoms with Crippen LogP contribution >= 0.6 is 0 Å². The van der Waals surface area contributed by atoms with Gasteiger partial charge < -0.3 is 14.5 Å². The molecule has 2 aliphatic carbocycles. The van der Waals surface area contributed by atoms with Crippen molar-refractivity contribution < 1.29 is 0 Å². The van der Waals surface area contributed by atoms with Gasteiger partial charge in [-0.3, -0.25) is 5.32 Å². The molecule has 0 spiro atoms. The molecule has 0 saturated heterocycles. The molecule has 0 bridgehead atoms. The van der Waals surface area contributed by atoms with Crippen LogP contribution in [0.3, 0.4) is 0 Å². The van der Waals surface area contributed by atoms with Gasteiger partial charge in [0.25, 0.3) is 0 Å². The van der Waals surface area contributed by atoms with E-state index in [9.17, 15) is 0 Å². The molecule has 7 aromatic carbocycles. The first kappa shape index (κ1) is 36.4. The van der Waals surface area contributed by atoms with E-state index in [1.807, 2.05) is 0 Å². The normalized spacial score (nSPS) is 18.4. The number of aromatic nitrogens is 2. The lowest BCUT2D eigenvalue weighted by Crippen LogP contribution is -2.45. The van der Waals surface area contributed by atoms with Crippen LogP contribution in [0.25, 0.3) is 55.7 Å². The molecule has 5 heteroatoms. The number of benzene rings is 7. The van der Waals surface area contributed by atoms with Crippen LogP contribution in [0.4, 0.5) is 0 Å². The maximum Gasteiger partial charge on any atom is 0.131 e. The fourth-order valence-corrected chi connectivity index (χ4v) is 10.1. The minimum absolute atomic E-state index is 0.139. The molecule has 2 N–H and O–H groups in total. The molecule has 0 amide bonds. The molecule has 5 nitrogen and oxygen atoms in total. The van der Waals surface area contributed by atoms with Crippen molar-refractivity contribution in [1.29, 1.82) is 0 Å². The highest BCUT2D eigenvalue weighted by Crippen LogP contribution is 2.42. The van der Waals surface area contributed by atoms with Crippen LogP contribution in [0, 0.1) is 0 Å². The molecule has 0 radical (unpaired) electrons. The molecule has 3 aliphatic rings. The van der Waals surface area contributed by atoms with E-state index in [1.165, 1.54) is 49.6 Å². The summed E-state index contributed by atoms with van der Waals surface area (Å²) in [7, 11) is 0. The number of nitrogens with one attached hydrogen (secondary N) is 2. The minimum Gasteiger partial charge on any atom is -0.350 e. The maximum absolute atomic E-state index is 5.40. The van der Waals surface area contributed by atoms with E-state index >= 15 is 0 Å². The highest BCUT2D eigenvalue weighted by atomic mass is 15.3. The average Bonchev–Trinajstić information content (AvgIpc) is 3.86. The van der Waals surface area contributed by atoms with E-state index in [-0.39, 0.29) is 12.3 Å². The molecule has 3 atom stereocenters. The summed E-state index contributed by atoms with van der Waals surface area (Å²) in [5.74, 6) is 1.19. The summed E-state index contributed by atoms with van der Waals surface area (Å²) in [5.41, 5.74) is 15.9. The van der Waals surface area contributed by atoms with E-state index in [0.717, 1.165) is 64.2 Å². The summed E-state index contributed by atoms with van der Waals surface area (Å²) in [4.78, 5) is 5.40. The molecule has 0 fully saturated rings. The van der Waals surface area contributed by atoms with Gasteiger partial charge in [-0.1, -0.05) is 170 Å². The molecule has 2 aromatic heterocycles. The number of nitrogens with zero attached hydrogens (tertiary/aromatic N) is 3. The van der Waals surface area contributed by atoms with Crippen molar-refractivity contribution >= 4 is 50.2 Å². The molecule has 1 aliphatic heterocycles. The molecule has 3 heterocycles. The SMILES string of the molecule is C1=CCCC(c2ccc3c4c(n(-c5ccc6c7ccccc7n(-c7ccccc7C7N=C(c8ccccc8)NC(c8ccccc8)N7)c6c5)c3c2)C=CC(c2ccccc2)C4)=C1. The number of rotatable bonds is 7. The van der Waals surface area contributed by atoms with Crippen LogP contribution in [-0.2, 0) is 6.42 Å². The summed E-state index contributed by atoms with van der Waals surface area (Å²) >= 11 is 0. The lowest BCUT2D eigenvalue weighted by molar-refractivity contribution is 0.408. The largest absolute Gasteiger partial charge is 0.350 e. The smallest absolute Gasteiger partial charge is 0.131 e. The third kappa shape index (κ3) is 6.24. The Kier molecular flexibility index (Phi) is 8.93. The molecular weight excluding hydrogens is 755 g/mol. The summed E-state index contributed by atoms with van der Waals surface area (Å²) in [5, 5.41) is 11.4. The van der Waals surface area contributed by atoms with Crippen molar-refractivity contribution in [1.82, 2.24) is 19.8 Å². The van der Waals surface area contributed by atoms with Crippen molar-refractivity contribution in [2.75, 3.05) is 0 Å². The number of para-hydroxylation sites is 2. The molecule has 9 aromatic rings. The molecular formula is C57H45N5. The Labute approximate surface area is 361 Å². The van der Waals surface area contributed by atoms with Gasteiger partial charge in [0.05, 0.1) is 22.2 Å². The Balaban J connectivity index is 1.05. The molecule has 12 rings (SSSR count). The van der Waals surface area contributed by atoms with E-state index < -0.39 is 0 Å². The second kappa shape index (κ2) is 15.2. The van der Waals surface area contributed by atoms with Crippen LogP contribution in [-0.4, -0.2) is 15.0 Å². The first-order chi connectivity index (χ1) is 30.7. The van der Waals surface area contributed by atoms with Crippen LogP contribution in [0.1, 0.15) is 70.2 Å². The zero-order valence-corrected chi connectivity index (χ0v) is 34.3. The third-order valence-electron chi connectivity index (χ3n) is 13.1. The van der Waals surface area contributed by atoms with Gasteiger partial charge in [0, 0.05) is 44.6 Å². The number of hydrogen-bond donors (Lipinski definition) is 2. The lowest BCUT2D eigenvalue weighted by atomic mass is 9.86. The van der Waals surface area contributed by atoms with Crippen molar-refractivity contribution in [2.45, 2.75) is 37.5 Å². The van der Waals surface area contributed by atoms with Gasteiger partial charge in [0.15, 0.2) is 0 Å². The van der Waals surface area contributed by atoms with Gasteiger partial charge in [-0.2, -0.15) is 0 Å². The fraction of sp³-hybridized carbons (Fsp3) is 0.105. The third-order valence-corrected chi connectivity index (χ3v) is 13.1. The summed E-state index contributed by atoms with van der Waals surface area (Å²) in [6.07, 6.45) is 14.2. The quantitative estimate of drug-likeness (QED) is 0.169. The van der Waals surface area contributed by atoms with Crippen LogP contribution in [0.5, 0.6) is 0 Å². The van der Waals surface area contributed by atoms with Gasteiger partial charge in [0.1, 0.15) is 18.2 Å². The average molecular weight is 800 g/mol. The summed E-state index contributed by atoms with van der Waals surface area (Å²) in [6.45, 7) is 0. The van der Waals surface area contributed by atoms with Gasteiger partial charge in [-0.05, 0) is 83.5 Å². The summed E-state index contributed by atoms with van der Waals surface area (Å²) < 4.78 is 4.99. The van der Waals surface area contributed by atoms with E-state index in [1.54, 1.807) is 0 Å². The number of hydrogen-bond acceptors (Lipinski definition) is 3. The lowest BCUT2D eigenvalue weighted by Gasteiger charge is -2.33. The van der Waals surface area contributed by atoms with E-state index in [2.05, 4.69) is 226 Å². The van der Waals surface area contributed by atoms with Gasteiger partial charge in [0.2, 0.25) is 0 Å². The van der Waals surface area contributed by atoms with Crippen molar-refractivity contribution in [3.63, 3.8) is 0 Å². The Morgan fingerprint density at radius 1 is 0.581 bits per heavy atom. The Morgan fingerprint density at radius 2 is 1.29 bits per heavy atom.